The average molecular weight is 277 g/mol. The summed E-state index contributed by atoms with van der Waals surface area (Å²) >= 11 is 0. The van der Waals surface area contributed by atoms with Crippen LogP contribution in [-0.2, 0) is 9.47 Å². The molecule has 2 aliphatic heterocycles. The van der Waals surface area contributed by atoms with E-state index in [1.54, 1.807) is 17.0 Å². The smallest absolute Gasteiger partial charge is 0.257 e. The number of aryl methyl sites for hydroxylation is 1. The SMILES string of the molecule is Cc1ccc(C(=O)N2CCCC3(C2)OCCO3)c(O)c1. The molecule has 0 radical (unpaired) electrons. The number of phenols is 1. The highest BCUT2D eigenvalue weighted by Crippen LogP contribution is 2.31. The first-order valence-electron chi connectivity index (χ1n) is 6.96. The Bertz CT molecular complexity index is 523. The van der Waals surface area contributed by atoms with E-state index in [0.717, 1.165) is 18.4 Å². The van der Waals surface area contributed by atoms with Crippen LogP contribution >= 0.6 is 0 Å². The molecule has 108 valence electrons. The number of nitrogens with zero attached hydrogens (tertiary/aromatic N) is 1. The number of phenolic OH excluding ortho intramolecular Hbond substituents is 1. The van der Waals surface area contributed by atoms with Crippen molar-refractivity contribution in [1.82, 2.24) is 4.90 Å². The van der Waals surface area contributed by atoms with E-state index in [0.29, 0.717) is 31.9 Å². The number of amides is 1. The van der Waals surface area contributed by atoms with Crippen LogP contribution in [0.1, 0.15) is 28.8 Å². The lowest BCUT2D eigenvalue weighted by atomic mass is 10.0. The van der Waals surface area contributed by atoms with E-state index in [4.69, 9.17) is 9.47 Å². The molecule has 0 atom stereocenters. The Labute approximate surface area is 118 Å². The fourth-order valence-corrected chi connectivity index (χ4v) is 2.89. The summed E-state index contributed by atoms with van der Waals surface area (Å²) in [6, 6.07) is 5.11. The normalized spacial score (nSPS) is 21.4. The third kappa shape index (κ3) is 2.39. The molecule has 0 unspecified atom stereocenters. The highest BCUT2D eigenvalue weighted by molar-refractivity contribution is 5.97. The summed E-state index contributed by atoms with van der Waals surface area (Å²) in [5, 5.41) is 9.94. The van der Waals surface area contributed by atoms with E-state index in [-0.39, 0.29) is 11.7 Å². The molecule has 0 aliphatic carbocycles. The van der Waals surface area contributed by atoms with E-state index < -0.39 is 5.79 Å². The van der Waals surface area contributed by atoms with Gasteiger partial charge in [0.15, 0.2) is 5.79 Å². The van der Waals surface area contributed by atoms with Crippen LogP contribution in [0.2, 0.25) is 0 Å². The number of carbonyl (C=O) groups is 1. The summed E-state index contributed by atoms with van der Waals surface area (Å²) in [6.07, 6.45) is 1.66. The van der Waals surface area contributed by atoms with E-state index in [2.05, 4.69) is 0 Å². The van der Waals surface area contributed by atoms with Gasteiger partial charge < -0.3 is 19.5 Å². The lowest BCUT2D eigenvalue weighted by Gasteiger charge is -2.38. The van der Waals surface area contributed by atoms with Crippen LogP contribution in [0.4, 0.5) is 0 Å². The second-order valence-electron chi connectivity index (χ2n) is 5.46. The summed E-state index contributed by atoms with van der Waals surface area (Å²) in [6.45, 7) is 4.14. The molecule has 0 saturated carbocycles. The van der Waals surface area contributed by atoms with Gasteiger partial charge in [0.05, 0.1) is 25.3 Å². The fraction of sp³-hybridized carbons (Fsp3) is 0.533. The molecule has 2 fully saturated rings. The minimum absolute atomic E-state index is 0.0304. The first-order chi connectivity index (χ1) is 9.60. The molecule has 2 heterocycles. The second kappa shape index (κ2) is 5.07. The third-order valence-electron chi connectivity index (χ3n) is 3.90. The van der Waals surface area contributed by atoms with Crippen molar-refractivity contribution >= 4 is 5.91 Å². The maximum Gasteiger partial charge on any atom is 0.257 e. The van der Waals surface area contributed by atoms with Gasteiger partial charge in [-0.25, -0.2) is 0 Å². The van der Waals surface area contributed by atoms with Crippen molar-refractivity contribution in [3.8, 4) is 5.75 Å². The number of hydrogen-bond donors (Lipinski definition) is 1. The van der Waals surface area contributed by atoms with Crippen molar-refractivity contribution in [2.75, 3.05) is 26.3 Å². The minimum Gasteiger partial charge on any atom is -0.507 e. The maximum atomic E-state index is 12.5. The molecule has 0 aromatic heterocycles. The summed E-state index contributed by atoms with van der Waals surface area (Å²) in [5.74, 6) is -0.766. The van der Waals surface area contributed by atoms with Crippen LogP contribution < -0.4 is 0 Å². The number of benzene rings is 1. The molecule has 5 nitrogen and oxygen atoms in total. The molecule has 2 aliphatic rings. The average Bonchev–Trinajstić information content (AvgIpc) is 2.86. The molecule has 1 spiro atoms. The largest absolute Gasteiger partial charge is 0.507 e. The first kappa shape index (κ1) is 13.4. The van der Waals surface area contributed by atoms with Gasteiger partial charge in [-0.15, -0.1) is 0 Å². The van der Waals surface area contributed by atoms with Gasteiger partial charge in [-0.3, -0.25) is 4.79 Å². The first-order valence-corrected chi connectivity index (χ1v) is 6.96. The number of aromatic hydroxyl groups is 1. The van der Waals surface area contributed by atoms with Gasteiger partial charge in [0.25, 0.3) is 5.91 Å². The summed E-state index contributed by atoms with van der Waals surface area (Å²) in [7, 11) is 0. The molecule has 1 aromatic rings. The van der Waals surface area contributed by atoms with E-state index in [1.807, 2.05) is 13.0 Å². The number of hydrogen-bond acceptors (Lipinski definition) is 4. The summed E-state index contributed by atoms with van der Waals surface area (Å²) in [4.78, 5) is 14.2. The maximum absolute atomic E-state index is 12.5. The zero-order chi connectivity index (χ0) is 14.2. The Hall–Kier alpha value is -1.59. The Balaban J connectivity index is 1.79. The Morgan fingerprint density at radius 3 is 2.80 bits per heavy atom. The van der Waals surface area contributed by atoms with Gasteiger partial charge in [-0.2, -0.15) is 0 Å². The van der Waals surface area contributed by atoms with Crippen LogP contribution in [0.25, 0.3) is 0 Å². The van der Waals surface area contributed by atoms with Gasteiger partial charge in [-0.1, -0.05) is 6.07 Å². The number of carbonyl (C=O) groups excluding carboxylic acids is 1. The molecular weight excluding hydrogens is 258 g/mol. The monoisotopic (exact) mass is 277 g/mol. The molecular formula is C15H19NO4. The van der Waals surface area contributed by atoms with E-state index in [1.165, 1.54) is 0 Å². The fourth-order valence-electron chi connectivity index (χ4n) is 2.89. The third-order valence-corrected chi connectivity index (χ3v) is 3.90. The molecule has 5 heteroatoms. The number of ether oxygens (including phenoxy) is 2. The molecule has 1 aromatic carbocycles. The van der Waals surface area contributed by atoms with Crippen molar-refractivity contribution in [2.45, 2.75) is 25.6 Å². The molecule has 3 rings (SSSR count). The highest BCUT2D eigenvalue weighted by Gasteiger charge is 2.42. The Morgan fingerprint density at radius 2 is 2.10 bits per heavy atom. The predicted molar refractivity (Wildman–Crippen MR) is 72.6 cm³/mol. The minimum atomic E-state index is -0.631. The van der Waals surface area contributed by atoms with Crippen molar-refractivity contribution in [3.05, 3.63) is 29.3 Å². The number of likely N-dealkylation sites (tertiary alicyclic amines) is 1. The zero-order valence-electron chi connectivity index (χ0n) is 11.6. The van der Waals surface area contributed by atoms with Crippen LogP contribution in [0, 0.1) is 6.92 Å². The zero-order valence-corrected chi connectivity index (χ0v) is 11.6. The van der Waals surface area contributed by atoms with Gasteiger partial charge in [0.2, 0.25) is 0 Å². The van der Waals surface area contributed by atoms with Crippen molar-refractivity contribution < 1.29 is 19.4 Å². The van der Waals surface area contributed by atoms with Crippen molar-refractivity contribution in [2.24, 2.45) is 0 Å². The number of rotatable bonds is 1. The van der Waals surface area contributed by atoms with E-state index in [9.17, 15) is 9.90 Å². The molecule has 20 heavy (non-hydrogen) atoms. The van der Waals surface area contributed by atoms with Crippen LogP contribution in [0.15, 0.2) is 18.2 Å². The van der Waals surface area contributed by atoms with Gasteiger partial charge in [0.1, 0.15) is 5.75 Å². The topological polar surface area (TPSA) is 59.0 Å². The lowest BCUT2D eigenvalue weighted by Crippen LogP contribution is -2.51. The highest BCUT2D eigenvalue weighted by atomic mass is 16.7. The summed E-state index contributed by atoms with van der Waals surface area (Å²) in [5.41, 5.74) is 1.27. The van der Waals surface area contributed by atoms with Gasteiger partial charge >= 0.3 is 0 Å². The molecule has 0 bridgehead atoms. The van der Waals surface area contributed by atoms with Gasteiger partial charge in [-0.05, 0) is 31.0 Å². The quantitative estimate of drug-likeness (QED) is 0.848. The lowest BCUT2D eigenvalue weighted by molar-refractivity contribution is -0.183. The van der Waals surface area contributed by atoms with Crippen LogP contribution in [0.5, 0.6) is 5.75 Å². The van der Waals surface area contributed by atoms with Gasteiger partial charge in [0, 0.05) is 13.0 Å². The predicted octanol–water partition coefficient (Wildman–Crippen LogP) is 1.68. The van der Waals surface area contributed by atoms with E-state index >= 15 is 0 Å². The van der Waals surface area contributed by atoms with Crippen molar-refractivity contribution in [1.29, 1.82) is 0 Å². The second-order valence-corrected chi connectivity index (χ2v) is 5.46. The van der Waals surface area contributed by atoms with Crippen LogP contribution in [-0.4, -0.2) is 48.0 Å². The standard InChI is InChI=1S/C15H19NO4/c1-11-3-4-12(13(17)9-11)14(18)16-6-2-5-15(10-16)19-7-8-20-15/h3-4,9,17H,2,5-8,10H2,1H3. The summed E-state index contributed by atoms with van der Waals surface area (Å²) < 4.78 is 11.3. The van der Waals surface area contributed by atoms with Crippen LogP contribution in [0.3, 0.4) is 0 Å². The number of piperidine rings is 1. The molecule has 1 amide bonds. The molecule has 1 N–H and O–H groups in total. The van der Waals surface area contributed by atoms with Crippen molar-refractivity contribution in [3.63, 3.8) is 0 Å². The molecule has 2 saturated heterocycles. The Kier molecular flexibility index (Phi) is 3.40. The Morgan fingerprint density at radius 1 is 1.35 bits per heavy atom.